The van der Waals surface area contributed by atoms with Crippen molar-refractivity contribution in [2.45, 2.75) is 120 Å². The summed E-state index contributed by atoms with van der Waals surface area (Å²) in [6, 6.07) is 2.89. The molecule has 2 heterocycles. The summed E-state index contributed by atoms with van der Waals surface area (Å²) in [4.78, 5) is 45.2. The molecule has 3 rings (SSSR count). The van der Waals surface area contributed by atoms with Crippen LogP contribution in [0.3, 0.4) is 0 Å². The normalized spacial score (nSPS) is 21.7. The topological polar surface area (TPSA) is 231 Å². The van der Waals surface area contributed by atoms with Crippen LogP contribution in [0.4, 0.5) is 5.69 Å². The molecule has 314 valence electrons. The fraction of sp³-hybridized carbons (Fsp3) is 0.763. The minimum absolute atomic E-state index is 0.0584. The molecule has 55 heavy (non-hydrogen) atoms. The summed E-state index contributed by atoms with van der Waals surface area (Å²) in [6.45, 7) is 3.08. The van der Waals surface area contributed by atoms with E-state index in [1.165, 1.54) is 13.2 Å². The average Bonchev–Trinajstić information content (AvgIpc) is 3.19. The van der Waals surface area contributed by atoms with E-state index in [2.05, 4.69) is 20.4 Å². The number of amides is 3. The highest BCUT2D eigenvalue weighted by molar-refractivity contribution is 6.33. The van der Waals surface area contributed by atoms with E-state index in [4.69, 9.17) is 31.9 Å². The maximum absolute atomic E-state index is 13.2. The summed E-state index contributed by atoms with van der Waals surface area (Å²) < 4.78 is 11.1. The molecule has 2 fully saturated rings. The third kappa shape index (κ3) is 14.6. The number of anilines is 1. The highest BCUT2D eigenvalue weighted by atomic mass is 35.5. The second-order valence-corrected chi connectivity index (χ2v) is 15.2. The molecule has 0 bridgehead atoms. The molecular weight excluding hydrogens is 736 g/mol. The second-order valence-electron chi connectivity index (χ2n) is 14.8. The van der Waals surface area contributed by atoms with Gasteiger partial charge >= 0.3 is 0 Å². The molecule has 0 aromatic heterocycles. The lowest BCUT2D eigenvalue weighted by Gasteiger charge is -2.41. The molecule has 1 aromatic rings. The first-order valence-electron chi connectivity index (χ1n) is 19.6. The molecule has 0 saturated carbocycles. The zero-order chi connectivity index (χ0) is 40.5. The number of nitrogens with zero attached hydrogens (tertiary/aromatic N) is 3. The molecule has 7 atom stereocenters. The summed E-state index contributed by atoms with van der Waals surface area (Å²) >= 11 is 6.17. The van der Waals surface area contributed by atoms with Crippen LogP contribution in [-0.4, -0.2) is 168 Å². The minimum Gasteiger partial charge on any atom is -0.496 e. The van der Waals surface area contributed by atoms with Crippen molar-refractivity contribution in [3.8, 4) is 5.75 Å². The molecule has 3 amide bonds. The van der Waals surface area contributed by atoms with Gasteiger partial charge in [-0.05, 0) is 64.0 Å². The van der Waals surface area contributed by atoms with Crippen molar-refractivity contribution in [3.63, 3.8) is 0 Å². The fourth-order valence-corrected chi connectivity index (χ4v) is 7.48. The van der Waals surface area contributed by atoms with E-state index in [1.54, 1.807) is 13.2 Å². The predicted octanol–water partition coefficient (Wildman–Crippen LogP) is 0.693. The van der Waals surface area contributed by atoms with E-state index in [0.717, 1.165) is 84.0 Å². The summed E-state index contributed by atoms with van der Waals surface area (Å²) in [5, 5.41) is 53.8. The lowest BCUT2D eigenvalue weighted by molar-refractivity contribution is -0.137. The van der Waals surface area contributed by atoms with Crippen molar-refractivity contribution in [2.24, 2.45) is 0 Å². The van der Waals surface area contributed by atoms with Gasteiger partial charge in [0.15, 0.2) is 0 Å². The number of nitrogens with two attached hydrogens (primary N) is 1. The molecule has 16 nitrogen and oxygen atoms in total. The predicted molar refractivity (Wildman–Crippen MR) is 209 cm³/mol. The van der Waals surface area contributed by atoms with Crippen molar-refractivity contribution in [1.82, 2.24) is 25.3 Å². The number of nitrogens with one attached hydrogen (secondary N) is 2. The van der Waals surface area contributed by atoms with Crippen LogP contribution < -0.4 is 21.1 Å². The largest absolute Gasteiger partial charge is 0.496 e. The van der Waals surface area contributed by atoms with Gasteiger partial charge in [-0.2, -0.15) is 0 Å². The maximum atomic E-state index is 13.2. The van der Waals surface area contributed by atoms with E-state index in [0.29, 0.717) is 36.4 Å². The van der Waals surface area contributed by atoms with E-state index < -0.39 is 31.0 Å². The van der Waals surface area contributed by atoms with Crippen LogP contribution in [0, 0.1) is 0 Å². The molecule has 0 aliphatic carbocycles. The number of unbranched alkanes of at least 4 members (excludes halogenated alkanes) is 4. The van der Waals surface area contributed by atoms with Gasteiger partial charge in [-0.1, -0.05) is 24.4 Å². The number of piperidine rings is 2. The summed E-state index contributed by atoms with van der Waals surface area (Å²) in [7, 11) is 5.03. The smallest absolute Gasteiger partial charge is 0.255 e. The molecule has 0 spiro atoms. The number of carbonyl (C=O) groups excluding carboxylic acids is 3. The van der Waals surface area contributed by atoms with Crippen molar-refractivity contribution in [2.75, 3.05) is 72.9 Å². The molecular formula is C38H65ClN6O10. The van der Waals surface area contributed by atoms with Crippen LogP contribution in [-0.2, 0) is 14.3 Å². The zero-order valence-corrected chi connectivity index (χ0v) is 33.5. The molecule has 5 unspecified atom stereocenters. The van der Waals surface area contributed by atoms with Crippen LogP contribution >= 0.6 is 11.6 Å². The fourth-order valence-electron chi connectivity index (χ4n) is 7.32. The number of rotatable bonds is 23. The van der Waals surface area contributed by atoms with Crippen molar-refractivity contribution >= 4 is 35.0 Å². The van der Waals surface area contributed by atoms with Gasteiger partial charge in [0.2, 0.25) is 11.8 Å². The first-order valence-corrected chi connectivity index (χ1v) is 20.0. The van der Waals surface area contributed by atoms with Crippen molar-refractivity contribution in [1.29, 1.82) is 0 Å². The van der Waals surface area contributed by atoms with Crippen molar-refractivity contribution < 1.29 is 49.4 Å². The number of halogens is 1. The zero-order valence-electron chi connectivity index (χ0n) is 32.7. The number of methoxy groups -OCH3 is 2. The van der Waals surface area contributed by atoms with Crippen LogP contribution in [0.25, 0.3) is 0 Å². The molecule has 2 aliphatic heterocycles. The quantitative estimate of drug-likeness (QED) is 0.0564. The highest BCUT2D eigenvalue weighted by Crippen LogP contribution is 2.29. The lowest BCUT2D eigenvalue weighted by atomic mass is 10.00. The average molecular weight is 801 g/mol. The van der Waals surface area contributed by atoms with E-state index in [1.807, 2.05) is 11.9 Å². The van der Waals surface area contributed by atoms with Gasteiger partial charge in [0.25, 0.3) is 5.91 Å². The Morgan fingerprint density at radius 2 is 1.64 bits per heavy atom. The van der Waals surface area contributed by atoms with Crippen LogP contribution in [0.1, 0.15) is 87.4 Å². The Hall–Kier alpha value is -2.80. The number of aliphatic hydroxyl groups is 5. The number of hydrogen-bond acceptors (Lipinski definition) is 13. The number of nitrogen functional groups attached to an aromatic ring is 1. The van der Waals surface area contributed by atoms with Crippen LogP contribution in [0.15, 0.2) is 12.1 Å². The van der Waals surface area contributed by atoms with Gasteiger partial charge in [-0.15, -0.1) is 0 Å². The standard InChI is InChI=1S/C38H65ClN6O10/c1-43(34-13-8-11-18-45(34)17-10-4-6-12-33(49)41-22-29(47)36(51)37(52)30(48)24-46)35(50)14-7-5-9-16-44-19-15-28(32(23-44)55-3)42-38(53)25-20-26(39)27(40)21-31(25)54-2/h20-21,28-30,32,34,36-37,46-48,51-52H,4-19,22-24,40H2,1-3H3,(H,41,49)(H,42,53)/t28-,29?,30?,32+,34?,36?,37?/m1/s1. The Balaban J connectivity index is 1.31. The Kier molecular flexibility index (Phi) is 20.4. The summed E-state index contributed by atoms with van der Waals surface area (Å²) in [5.41, 5.74) is 6.53. The summed E-state index contributed by atoms with van der Waals surface area (Å²) in [5.74, 6) is -0.0799. The number of hydrogen-bond donors (Lipinski definition) is 8. The highest BCUT2D eigenvalue weighted by Gasteiger charge is 2.32. The monoisotopic (exact) mass is 800 g/mol. The molecule has 17 heteroatoms. The lowest BCUT2D eigenvalue weighted by Crippen LogP contribution is -2.54. The van der Waals surface area contributed by atoms with Gasteiger partial charge in [0.05, 0.1) is 54.4 Å². The van der Waals surface area contributed by atoms with Crippen LogP contribution in [0.2, 0.25) is 5.02 Å². The molecule has 0 radical (unpaired) electrons. The number of likely N-dealkylation sites (tertiary alicyclic amines) is 2. The molecule has 9 N–H and O–H groups in total. The number of benzene rings is 1. The first-order chi connectivity index (χ1) is 26.3. The van der Waals surface area contributed by atoms with Gasteiger partial charge in [-0.25, -0.2) is 0 Å². The maximum Gasteiger partial charge on any atom is 0.255 e. The Morgan fingerprint density at radius 3 is 2.33 bits per heavy atom. The Bertz CT molecular complexity index is 1350. The van der Waals surface area contributed by atoms with E-state index in [9.17, 15) is 34.8 Å². The van der Waals surface area contributed by atoms with Gasteiger partial charge < -0.3 is 61.2 Å². The number of aliphatic hydroxyl groups excluding tert-OH is 5. The second kappa shape index (κ2) is 24.1. The Morgan fingerprint density at radius 1 is 0.945 bits per heavy atom. The first kappa shape index (κ1) is 46.6. The molecule has 1 aromatic carbocycles. The van der Waals surface area contributed by atoms with Gasteiger partial charge in [0.1, 0.15) is 24.1 Å². The molecule has 2 aliphatic rings. The Labute approximate surface area is 330 Å². The third-order valence-corrected chi connectivity index (χ3v) is 11.1. The SMILES string of the molecule is COc1cc(N)c(Cl)cc1C(=O)N[C@@H]1CCN(CCCCCC(=O)N(C)C2CCCCN2CCCCCC(=O)NCC(O)C(O)C(O)C(O)CO)C[C@@H]1OC. The van der Waals surface area contributed by atoms with E-state index in [-0.39, 0.29) is 54.0 Å². The number of ether oxygens (including phenoxy) is 2. The van der Waals surface area contributed by atoms with E-state index >= 15 is 0 Å². The number of carbonyl (C=O) groups is 3. The van der Waals surface area contributed by atoms with Crippen LogP contribution in [0.5, 0.6) is 5.75 Å². The molecule has 2 saturated heterocycles. The summed E-state index contributed by atoms with van der Waals surface area (Å²) in [6.07, 6.45) is 2.92. The van der Waals surface area contributed by atoms with Gasteiger partial charge in [0, 0.05) is 65.8 Å². The third-order valence-electron chi connectivity index (χ3n) is 10.8. The van der Waals surface area contributed by atoms with Crippen molar-refractivity contribution in [3.05, 3.63) is 22.7 Å². The minimum atomic E-state index is -1.74. The van der Waals surface area contributed by atoms with Gasteiger partial charge in [-0.3, -0.25) is 19.3 Å².